The molecule has 1 aromatic heterocycles. The van der Waals surface area contributed by atoms with Crippen LogP contribution in [-0.2, 0) is 4.79 Å². The van der Waals surface area contributed by atoms with E-state index in [0.717, 1.165) is 26.1 Å². The Morgan fingerprint density at radius 3 is 2.72 bits per heavy atom. The molecule has 0 amide bonds. The number of pyridine rings is 1. The molecule has 2 unspecified atom stereocenters. The average Bonchev–Trinajstić information content (AvgIpc) is 3.23. The van der Waals surface area contributed by atoms with Crippen LogP contribution >= 0.6 is 11.6 Å². The highest BCUT2D eigenvalue weighted by atomic mass is 35.5. The van der Waals surface area contributed by atoms with Crippen LogP contribution in [0.1, 0.15) is 19.3 Å². The fourth-order valence-corrected chi connectivity index (χ4v) is 5.13. The number of Topliss-reactive ketones (excluding diaryl/α,β-unsaturated/α-hetero) is 1. The summed E-state index contributed by atoms with van der Waals surface area (Å²) in [4.78, 5) is 27.4. The van der Waals surface area contributed by atoms with Crippen molar-refractivity contribution in [3.63, 3.8) is 0 Å². The molecule has 8 heteroatoms. The fourth-order valence-electron chi connectivity index (χ4n) is 4.90. The topological polar surface area (TPSA) is 61.3 Å². The number of hydrogen-bond donors (Lipinski definition) is 0. The first-order chi connectivity index (χ1) is 14.1. The summed E-state index contributed by atoms with van der Waals surface area (Å²) in [5.41, 5.74) is 1.90. The first-order valence-corrected chi connectivity index (χ1v) is 10.7. The van der Waals surface area contributed by atoms with E-state index in [1.807, 2.05) is 6.20 Å². The van der Waals surface area contributed by atoms with Gasteiger partial charge in [-0.25, -0.2) is 4.98 Å². The number of ketones is 1. The number of carbonyl (C=O) groups is 1. The standard InChI is InChI=1S/C21H26ClN5O2/c1-25-15-2-3-16(25)12-27(11-15)14-4-6-24-20(8-14)29-17-5-7-26(13-17)18-9-23-10-19(28)21(18)22/h4,6,8-9,15-17H,2-3,5,7,10-13H2,1H3/t15?,16?,17-/m1/s1. The summed E-state index contributed by atoms with van der Waals surface area (Å²) in [5.74, 6) is 0.540. The molecule has 0 radical (unpaired) electrons. The van der Waals surface area contributed by atoms with Gasteiger partial charge in [0.25, 0.3) is 0 Å². The zero-order chi connectivity index (χ0) is 20.0. The Kier molecular flexibility index (Phi) is 4.95. The Balaban J connectivity index is 1.24. The van der Waals surface area contributed by atoms with Crippen molar-refractivity contribution in [2.45, 2.75) is 37.5 Å². The second kappa shape index (κ2) is 7.61. The molecule has 2 bridgehead atoms. The lowest BCUT2D eigenvalue weighted by Gasteiger charge is -2.40. The van der Waals surface area contributed by atoms with Crippen molar-refractivity contribution >= 4 is 29.3 Å². The summed E-state index contributed by atoms with van der Waals surface area (Å²) in [7, 11) is 2.25. The maximum Gasteiger partial charge on any atom is 0.215 e. The second-order valence-corrected chi connectivity index (χ2v) is 8.75. The summed E-state index contributed by atoms with van der Waals surface area (Å²) in [6, 6.07) is 5.43. The van der Waals surface area contributed by atoms with E-state index in [2.05, 4.69) is 43.9 Å². The molecule has 0 spiro atoms. The number of anilines is 1. The van der Waals surface area contributed by atoms with Crippen molar-refractivity contribution < 1.29 is 9.53 Å². The van der Waals surface area contributed by atoms with Crippen LogP contribution in [0.3, 0.4) is 0 Å². The summed E-state index contributed by atoms with van der Waals surface area (Å²) < 4.78 is 6.20. The van der Waals surface area contributed by atoms with Gasteiger partial charge < -0.3 is 14.5 Å². The maximum absolute atomic E-state index is 11.8. The van der Waals surface area contributed by atoms with Gasteiger partial charge in [-0.15, -0.1) is 0 Å². The number of carbonyl (C=O) groups excluding carboxylic acids is 1. The van der Waals surface area contributed by atoms with E-state index in [9.17, 15) is 4.79 Å². The lowest BCUT2D eigenvalue weighted by molar-refractivity contribution is -0.113. The molecule has 7 nitrogen and oxygen atoms in total. The first kappa shape index (κ1) is 18.9. The van der Waals surface area contributed by atoms with Gasteiger partial charge in [-0.05, 0) is 26.0 Å². The number of dihydropyridines is 1. The Bertz CT molecular complexity index is 858. The summed E-state index contributed by atoms with van der Waals surface area (Å²) in [5, 5.41) is 0.283. The molecule has 5 rings (SSSR count). The van der Waals surface area contributed by atoms with E-state index < -0.39 is 0 Å². The van der Waals surface area contributed by atoms with Gasteiger partial charge in [0, 0.05) is 62.3 Å². The molecule has 1 aromatic rings. The van der Waals surface area contributed by atoms with E-state index in [0.29, 0.717) is 30.2 Å². The quantitative estimate of drug-likeness (QED) is 0.748. The number of halogens is 1. The molecule has 154 valence electrons. The molecular formula is C21H26ClN5O2. The number of likely N-dealkylation sites (tertiary alicyclic amines) is 1. The van der Waals surface area contributed by atoms with Crippen LogP contribution in [0.2, 0.25) is 0 Å². The SMILES string of the molecule is CN1C2CCC1CN(c1ccnc(O[C@@H]3CCN(C4=C(Cl)C(=O)CN=C4)C3)c1)C2. The van der Waals surface area contributed by atoms with Crippen molar-refractivity contribution in [3.05, 3.63) is 29.1 Å². The number of aliphatic imine (C=N–C) groups is 1. The number of ether oxygens (including phenoxy) is 1. The minimum absolute atomic E-state index is 0.0174. The van der Waals surface area contributed by atoms with Crippen molar-refractivity contribution in [2.75, 3.05) is 44.7 Å². The fraction of sp³-hybridized carbons (Fsp3) is 0.571. The molecule has 3 saturated heterocycles. The molecule has 3 fully saturated rings. The van der Waals surface area contributed by atoms with Crippen molar-refractivity contribution in [2.24, 2.45) is 4.99 Å². The normalized spacial score (nSPS) is 29.9. The molecule has 29 heavy (non-hydrogen) atoms. The number of allylic oxidation sites excluding steroid dienone is 1. The van der Waals surface area contributed by atoms with Gasteiger partial charge >= 0.3 is 0 Å². The highest BCUT2D eigenvalue weighted by Gasteiger charge is 2.37. The first-order valence-electron chi connectivity index (χ1n) is 10.4. The number of aromatic nitrogens is 1. The van der Waals surface area contributed by atoms with Gasteiger partial charge in [-0.1, -0.05) is 11.6 Å². The monoisotopic (exact) mass is 415 g/mol. The van der Waals surface area contributed by atoms with Gasteiger partial charge in [-0.2, -0.15) is 0 Å². The Morgan fingerprint density at radius 2 is 1.93 bits per heavy atom. The van der Waals surface area contributed by atoms with E-state index in [4.69, 9.17) is 16.3 Å². The Hall–Kier alpha value is -2.12. The lowest BCUT2D eigenvalue weighted by Crippen LogP contribution is -2.52. The van der Waals surface area contributed by atoms with Crippen molar-refractivity contribution in [1.82, 2.24) is 14.8 Å². The Labute approximate surface area is 176 Å². The second-order valence-electron chi connectivity index (χ2n) is 8.37. The third-order valence-electron chi connectivity index (χ3n) is 6.62. The van der Waals surface area contributed by atoms with Crippen LogP contribution in [0.25, 0.3) is 0 Å². The largest absolute Gasteiger partial charge is 0.472 e. The molecule has 5 heterocycles. The van der Waals surface area contributed by atoms with Gasteiger partial charge in [0.2, 0.25) is 5.88 Å². The Morgan fingerprint density at radius 1 is 1.14 bits per heavy atom. The predicted octanol–water partition coefficient (Wildman–Crippen LogP) is 1.92. The summed E-state index contributed by atoms with van der Waals surface area (Å²) in [6.45, 7) is 3.73. The molecular weight excluding hydrogens is 390 g/mol. The van der Waals surface area contributed by atoms with Crippen LogP contribution < -0.4 is 9.64 Å². The number of fused-ring (bicyclic) bond motifs is 2. The number of hydrogen-bond acceptors (Lipinski definition) is 7. The highest BCUT2D eigenvalue weighted by Crippen LogP contribution is 2.32. The number of rotatable bonds is 4. The van der Waals surface area contributed by atoms with Gasteiger partial charge in [0.15, 0.2) is 5.78 Å². The van der Waals surface area contributed by atoms with Crippen LogP contribution in [0.15, 0.2) is 34.1 Å². The molecule has 0 aromatic carbocycles. The van der Waals surface area contributed by atoms with Gasteiger partial charge in [0.05, 0.1) is 12.2 Å². The number of likely N-dealkylation sites (N-methyl/N-ethyl adjacent to an activating group) is 1. The van der Waals surface area contributed by atoms with E-state index in [1.165, 1.54) is 18.5 Å². The van der Waals surface area contributed by atoms with Gasteiger partial charge in [-0.3, -0.25) is 14.7 Å². The zero-order valence-corrected chi connectivity index (χ0v) is 17.4. The molecule has 0 saturated carbocycles. The van der Waals surface area contributed by atoms with E-state index >= 15 is 0 Å². The zero-order valence-electron chi connectivity index (χ0n) is 16.6. The van der Waals surface area contributed by atoms with Crippen molar-refractivity contribution in [3.8, 4) is 5.88 Å². The van der Waals surface area contributed by atoms with Crippen LogP contribution in [0.4, 0.5) is 5.69 Å². The molecule has 4 aliphatic heterocycles. The molecule has 0 aliphatic carbocycles. The third kappa shape index (κ3) is 3.62. The van der Waals surface area contributed by atoms with Crippen molar-refractivity contribution in [1.29, 1.82) is 0 Å². The minimum atomic E-state index is -0.121. The minimum Gasteiger partial charge on any atom is -0.472 e. The van der Waals surface area contributed by atoms with Gasteiger partial charge in [0.1, 0.15) is 17.7 Å². The lowest BCUT2D eigenvalue weighted by atomic mass is 10.2. The van der Waals surface area contributed by atoms with E-state index in [-0.39, 0.29) is 23.5 Å². The van der Waals surface area contributed by atoms with Crippen LogP contribution in [0, 0.1) is 0 Å². The molecule has 4 aliphatic rings. The summed E-state index contributed by atoms with van der Waals surface area (Å²) in [6.07, 6.45) is 6.99. The predicted molar refractivity (Wildman–Crippen MR) is 113 cm³/mol. The molecule has 0 N–H and O–H groups in total. The molecule has 3 atom stereocenters. The van der Waals surface area contributed by atoms with E-state index in [1.54, 1.807) is 6.21 Å². The number of piperazine rings is 1. The highest BCUT2D eigenvalue weighted by molar-refractivity contribution is 6.44. The third-order valence-corrected chi connectivity index (χ3v) is 7.03. The number of nitrogens with zero attached hydrogens (tertiary/aromatic N) is 5. The smallest absolute Gasteiger partial charge is 0.215 e. The van der Waals surface area contributed by atoms with Crippen LogP contribution in [-0.4, -0.2) is 84.7 Å². The van der Waals surface area contributed by atoms with Crippen LogP contribution in [0.5, 0.6) is 5.88 Å². The maximum atomic E-state index is 11.8. The average molecular weight is 416 g/mol. The summed E-state index contributed by atoms with van der Waals surface area (Å²) >= 11 is 6.20.